The van der Waals surface area contributed by atoms with E-state index in [1.807, 2.05) is 0 Å². The van der Waals surface area contributed by atoms with E-state index in [4.69, 9.17) is 0 Å². The van der Waals surface area contributed by atoms with E-state index in [2.05, 4.69) is 26.1 Å². The van der Waals surface area contributed by atoms with Crippen molar-refractivity contribution in [1.82, 2.24) is 5.32 Å². The predicted molar refractivity (Wildman–Crippen MR) is 59.1 cm³/mol. The molecular formula is C13H23N. The van der Waals surface area contributed by atoms with Crippen LogP contribution in [-0.4, -0.2) is 12.6 Å². The molecule has 0 aromatic rings. The Morgan fingerprint density at radius 2 is 1.93 bits per heavy atom. The highest BCUT2D eigenvalue weighted by Gasteiger charge is 2.62. The third kappa shape index (κ3) is 1.11. The minimum absolute atomic E-state index is 0.506. The van der Waals surface area contributed by atoms with Crippen LogP contribution in [0, 0.1) is 22.7 Å². The molecule has 0 amide bonds. The zero-order valence-corrected chi connectivity index (χ0v) is 9.77. The van der Waals surface area contributed by atoms with Crippen LogP contribution in [-0.2, 0) is 0 Å². The first-order valence-electron chi connectivity index (χ1n) is 6.26. The lowest BCUT2D eigenvalue weighted by Crippen LogP contribution is -2.37. The van der Waals surface area contributed by atoms with Crippen molar-refractivity contribution in [2.24, 2.45) is 22.7 Å². The maximum absolute atomic E-state index is 3.77. The maximum Gasteiger partial charge on any atom is 0.0135 e. The molecular weight excluding hydrogens is 170 g/mol. The van der Waals surface area contributed by atoms with Gasteiger partial charge in [0, 0.05) is 6.04 Å². The summed E-state index contributed by atoms with van der Waals surface area (Å²) in [6.07, 6.45) is 6.03. The van der Waals surface area contributed by atoms with Gasteiger partial charge in [-0.15, -0.1) is 0 Å². The highest BCUT2D eigenvalue weighted by molar-refractivity contribution is 5.14. The molecule has 80 valence electrons. The monoisotopic (exact) mass is 193 g/mol. The fourth-order valence-electron chi connectivity index (χ4n) is 4.13. The molecule has 1 aliphatic heterocycles. The van der Waals surface area contributed by atoms with E-state index in [0.717, 1.165) is 23.3 Å². The van der Waals surface area contributed by atoms with Crippen LogP contribution in [0.2, 0.25) is 0 Å². The van der Waals surface area contributed by atoms with Gasteiger partial charge in [0.1, 0.15) is 0 Å². The molecule has 2 aliphatic carbocycles. The number of fused-ring (bicyclic) bond motifs is 2. The van der Waals surface area contributed by atoms with Crippen LogP contribution in [0.3, 0.4) is 0 Å². The van der Waals surface area contributed by atoms with Crippen molar-refractivity contribution < 1.29 is 0 Å². The normalized spacial score (nSPS) is 44.4. The molecule has 0 radical (unpaired) electrons. The molecule has 0 aromatic carbocycles. The van der Waals surface area contributed by atoms with Crippen molar-refractivity contribution in [3.05, 3.63) is 0 Å². The summed E-state index contributed by atoms with van der Waals surface area (Å²) >= 11 is 0. The number of nitrogens with one attached hydrogen (secondary N) is 1. The lowest BCUT2D eigenvalue weighted by Gasteiger charge is -2.32. The molecule has 3 rings (SSSR count). The summed E-state index contributed by atoms with van der Waals surface area (Å²) in [4.78, 5) is 0. The van der Waals surface area contributed by atoms with Crippen LogP contribution < -0.4 is 5.32 Å². The number of rotatable bonds is 0. The van der Waals surface area contributed by atoms with E-state index < -0.39 is 0 Å². The van der Waals surface area contributed by atoms with Gasteiger partial charge in [0.15, 0.2) is 0 Å². The summed E-state index contributed by atoms with van der Waals surface area (Å²) < 4.78 is 0. The van der Waals surface area contributed by atoms with Gasteiger partial charge in [-0.3, -0.25) is 0 Å². The largest absolute Gasteiger partial charge is 0.313 e. The van der Waals surface area contributed by atoms with Crippen molar-refractivity contribution in [3.8, 4) is 0 Å². The SMILES string of the molecule is CC(C)(C)C1CC2(CC2)C2CCNC12. The summed E-state index contributed by atoms with van der Waals surface area (Å²) in [5.74, 6) is 1.96. The Bertz CT molecular complexity index is 246. The Kier molecular flexibility index (Phi) is 1.68. The van der Waals surface area contributed by atoms with Crippen molar-refractivity contribution >= 4 is 0 Å². The molecule has 1 heterocycles. The van der Waals surface area contributed by atoms with Gasteiger partial charge in [0.2, 0.25) is 0 Å². The van der Waals surface area contributed by atoms with Crippen LogP contribution in [0.15, 0.2) is 0 Å². The summed E-state index contributed by atoms with van der Waals surface area (Å²) in [5, 5.41) is 3.77. The zero-order valence-electron chi connectivity index (χ0n) is 9.77. The van der Waals surface area contributed by atoms with Gasteiger partial charge < -0.3 is 5.32 Å². The molecule has 3 atom stereocenters. The minimum Gasteiger partial charge on any atom is -0.313 e. The lowest BCUT2D eigenvalue weighted by molar-refractivity contribution is 0.203. The fourth-order valence-corrected chi connectivity index (χ4v) is 4.13. The maximum atomic E-state index is 3.77. The first-order valence-corrected chi connectivity index (χ1v) is 6.26. The van der Waals surface area contributed by atoms with Gasteiger partial charge in [-0.25, -0.2) is 0 Å². The Morgan fingerprint density at radius 3 is 2.50 bits per heavy atom. The van der Waals surface area contributed by atoms with Gasteiger partial charge in [0.25, 0.3) is 0 Å². The second-order valence-electron chi connectivity index (χ2n) is 6.91. The molecule has 0 aromatic heterocycles. The number of hydrogen-bond acceptors (Lipinski definition) is 1. The van der Waals surface area contributed by atoms with Crippen molar-refractivity contribution in [1.29, 1.82) is 0 Å². The van der Waals surface area contributed by atoms with Gasteiger partial charge in [-0.2, -0.15) is 0 Å². The van der Waals surface area contributed by atoms with E-state index >= 15 is 0 Å². The van der Waals surface area contributed by atoms with Crippen molar-refractivity contribution in [2.45, 2.75) is 52.5 Å². The van der Waals surface area contributed by atoms with Gasteiger partial charge in [-0.1, -0.05) is 20.8 Å². The van der Waals surface area contributed by atoms with E-state index in [1.165, 1.54) is 32.2 Å². The molecule has 0 bridgehead atoms. The van der Waals surface area contributed by atoms with E-state index in [-0.39, 0.29) is 0 Å². The Labute approximate surface area is 87.7 Å². The molecule has 1 N–H and O–H groups in total. The molecule has 1 nitrogen and oxygen atoms in total. The second kappa shape index (κ2) is 2.55. The van der Waals surface area contributed by atoms with Crippen LogP contribution >= 0.6 is 0 Å². The first kappa shape index (κ1) is 9.21. The Morgan fingerprint density at radius 1 is 1.21 bits per heavy atom. The molecule has 3 fully saturated rings. The average Bonchev–Trinajstić information content (AvgIpc) is 2.56. The molecule has 14 heavy (non-hydrogen) atoms. The Hall–Kier alpha value is -0.0400. The summed E-state index contributed by atoms with van der Waals surface area (Å²) in [5.41, 5.74) is 1.32. The van der Waals surface area contributed by atoms with Crippen molar-refractivity contribution in [3.63, 3.8) is 0 Å². The zero-order chi connectivity index (χ0) is 9.97. The number of hydrogen-bond donors (Lipinski definition) is 1. The summed E-state index contributed by atoms with van der Waals surface area (Å²) in [7, 11) is 0. The molecule has 2 saturated carbocycles. The van der Waals surface area contributed by atoms with Crippen LogP contribution in [0.1, 0.15) is 46.5 Å². The molecule has 3 unspecified atom stereocenters. The molecule has 1 saturated heterocycles. The highest BCUT2D eigenvalue weighted by atomic mass is 15.0. The van der Waals surface area contributed by atoms with Gasteiger partial charge in [-0.05, 0) is 54.9 Å². The third-order valence-electron chi connectivity index (χ3n) is 5.12. The topological polar surface area (TPSA) is 12.0 Å². The predicted octanol–water partition coefficient (Wildman–Crippen LogP) is 2.81. The quantitative estimate of drug-likeness (QED) is 0.624. The minimum atomic E-state index is 0.506. The Balaban J connectivity index is 1.88. The highest BCUT2D eigenvalue weighted by Crippen LogP contribution is 2.67. The average molecular weight is 193 g/mol. The van der Waals surface area contributed by atoms with Gasteiger partial charge in [0.05, 0.1) is 0 Å². The van der Waals surface area contributed by atoms with E-state index in [9.17, 15) is 0 Å². The van der Waals surface area contributed by atoms with Crippen LogP contribution in [0.4, 0.5) is 0 Å². The standard InChI is InChI=1S/C13H23N/c1-12(2,3)10-8-13(5-6-13)9-4-7-14-11(9)10/h9-11,14H,4-8H2,1-3H3. The summed E-state index contributed by atoms with van der Waals surface area (Å²) in [6, 6.07) is 0.859. The van der Waals surface area contributed by atoms with Gasteiger partial charge >= 0.3 is 0 Å². The second-order valence-corrected chi connectivity index (χ2v) is 6.91. The third-order valence-corrected chi connectivity index (χ3v) is 5.12. The smallest absolute Gasteiger partial charge is 0.0135 e. The van der Waals surface area contributed by atoms with Crippen molar-refractivity contribution in [2.75, 3.05) is 6.54 Å². The molecule has 3 aliphatic rings. The molecule has 1 heteroatoms. The first-order chi connectivity index (χ1) is 6.53. The molecule has 1 spiro atoms. The lowest BCUT2D eigenvalue weighted by atomic mass is 9.77. The van der Waals surface area contributed by atoms with E-state index in [0.29, 0.717) is 5.41 Å². The summed E-state index contributed by atoms with van der Waals surface area (Å²) in [6.45, 7) is 8.56. The van der Waals surface area contributed by atoms with Crippen LogP contribution in [0.25, 0.3) is 0 Å². The fraction of sp³-hybridized carbons (Fsp3) is 1.00. The van der Waals surface area contributed by atoms with Crippen LogP contribution in [0.5, 0.6) is 0 Å². The van der Waals surface area contributed by atoms with E-state index in [1.54, 1.807) is 0 Å².